The number of hydrogen-bond donors (Lipinski definition) is 2. The quantitative estimate of drug-likeness (QED) is 0.847. The van der Waals surface area contributed by atoms with E-state index in [9.17, 15) is 4.79 Å². The number of ether oxygens (including phenoxy) is 1. The minimum absolute atomic E-state index is 0.0324. The highest BCUT2D eigenvalue weighted by atomic mass is 35.5. The van der Waals surface area contributed by atoms with Crippen LogP contribution in [0.1, 0.15) is 18.4 Å². The van der Waals surface area contributed by atoms with Crippen LogP contribution in [0.4, 0.5) is 0 Å². The van der Waals surface area contributed by atoms with Gasteiger partial charge in [0.05, 0.1) is 19.1 Å². The smallest absolute Gasteiger partial charge is 0.224 e. The summed E-state index contributed by atoms with van der Waals surface area (Å²) >= 11 is 5.95. The van der Waals surface area contributed by atoms with Gasteiger partial charge >= 0.3 is 0 Å². The van der Waals surface area contributed by atoms with Crippen molar-refractivity contribution in [3.63, 3.8) is 0 Å². The van der Waals surface area contributed by atoms with E-state index in [4.69, 9.17) is 21.4 Å². The maximum Gasteiger partial charge on any atom is 0.224 e. The molecule has 0 saturated carbocycles. The lowest BCUT2D eigenvalue weighted by Gasteiger charge is -2.34. The molecule has 0 bridgehead atoms. The van der Waals surface area contributed by atoms with Crippen LogP contribution >= 0.6 is 11.6 Å². The Morgan fingerprint density at radius 1 is 1.43 bits per heavy atom. The van der Waals surface area contributed by atoms with E-state index < -0.39 is 0 Å². The number of aliphatic hydroxyl groups is 1. The highest BCUT2D eigenvalue weighted by molar-refractivity contribution is 6.30. The Kier molecular flexibility index (Phi) is 5.54. The van der Waals surface area contributed by atoms with Gasteiger partial charge in [0.15, 0.2) is 0 Å². The van der Waals surface area contributed by atoms with Crippen LogP contribution in [0.3, 0.4) is 0 Å². The van der Waals surface area contributed by atoms with Crippen LogP contribution in [0.5, 0.6) is 0 Å². The molecule has 1 amide bonds. The molecule has 0 aromatic heterocycles. The van der Waals surface area contributed by atoms with Crippen molar-refractivity contribution >= 4 is 17.5 Å². The number of fused-ring (bicyclic) bond motifs is 1. The summed E-state index contributed by atoms with van der Waals surface area (Å²) in [5.41, 5.74) is 0.928. The number of carbonyl (C=O) groups excluding carboxylic acids is 1. The van der Waals surface area contributed by atoms with E-state index in [1.807, 2.05) is 18.2 Å². The lowest BCUT2D eigenvalue weighted by atomic mass is 10.1. The number of rotatable bonds is 5. The van der Waals surface area contributed by atoms with Gasteiger partial charge in [-0.2, -0.15) is 0 Å². The third kappa shape index (κ3) is 4.44. The number of carbonyl (C=O) groups is 1. The molecule has 2 aliphatic heterocycles. The van der Waals surface area contributed by atoms with Gasteiger partial charge in [-0.1, -0.05) is 23.7 Å². The minimum atomic E-state index is 0.0324. The molecule has 23 heavy (non-hydrogen) atoms. The van der Waals surface area contributed by atoms with Gasteiger partial charge in [0.25, 0.3) is 0 Å². The van der Waals surface area contributed by atoms with Crippen LogP contribution in [0.15, 0.2) is 24.3 Å². The van der Waals surface area contributed by atoms with Crippen molar-refractivity contribution in [2.24, 2.45) is 0 Å². The first-order chi connectivity index (χ1) is 11.1. The molecule has 126 valence electrons. The number of morpholine rings is 1. The SMILES string of the molecule is O=C(Cc1cccc(Cl)c1)N[C@H]1C[C@H]2CO[C@@H](CCO)CN2C1. The monoisotopic (exact) mass is 338 g/mol. The summed E-state index contributed by atoms with van der Waals surface area (Å²) in [4.78, 5) is 14.6. The Morgan fingerprint density at radius 2 is 2.30 bits per heavy atom. The lowest BCUT2D eigenvalue weighted by Crippen LogP contribution is -2.46. The Hall–Kier alpha value is -1.14. The average molecular weight is 339 g/mol. The number of hydrogen-bond acceptors (Lipinski definition) is 4. The molecule has 1 aromatic carbocycles. The van der Waals surface area contributed by atoms with Crippen LogP contribution in [0.25, 0.3) is 0 Å². The Bertz CT molecular complexity index is 554. The van der Waals surface area contributed by atoms with Crippen molar-refractivity contribution in [2.75, 3.05) is 26.3 Å². The Balaban J connectivity index is 1.49. The summed E-state index contributed by atoms with van der Waals surface area (Å²) in [6.07, 6.45) is 2.06. The molecule has 1 aromatic rings. The number of nitrogens with one attached hydrogen (secondary N) is 1. The maximum atomic E-state index is 12.2. The van der Waals surface area contributed by atoms with Gasteiger partial charge in [0.2, 0.25) is 5.91 Å². The molecule has 6 heteroatoms. The molecule has 3 rings (SSSR count). The predicted octanol–water partition coefficient (Wildman–Crippen LogP) is 1.22. The third-order valence-corrected chi connectivity index (χ3v) is 4.80. The molecule has 0 aliphatic carbocycles. The van der Waals surface area contributed by atoms with E-state index in [2.05, 4.69) is 10.2 Å². The molecule has 5 nitrogen and oxygen atoms in total. The van der Waals surface area contributed by atoms with Gasteiger partial charge in [-0.3, -0.25) is 9.69 Å². The summed E-state index contributed by atoms with van der Waals surface area (Å²) in [5, 5.41) is 12.8. The van der Waals surface area contributed by atoms with Crippen LogP contribution in [0.2, 0.25) is 5.02 Å². The van der Waals surface area contributed by atoms with Crippen LogP contribution in [0, 0.1) is 0 Å². The van der Waals surface area contributed by atoms with Gasteiger partial charge in [-0.15, -0.1) is 0 Å². The van der Waals surface area contributed by atoms with Crippen molar-refractivity contribution in [2.45, 2.75) is 37.5 Å². The van der Waals surface area contributed by atoms with Crippen molar-refractivity contribution < 1.29 is 14.6 Å². The van der Waals surface area contributed by atoms with E-state index in [0.29, 0.717) is 30.5 Å². The molecule has 0 unspecified atom stereocenters. The van der Waals surface area contributed by atoms with E-state index in [-0.39, 0.29) is 24.7 Å². The first kappa shape index (κ1) is 16.7. The second-order valence-corrected chi connectivity index (χ2v) is 6.82. The first-order valence-electron chi connectivity index (χ1n) is 8.14. The fraction of sp³-hybridized carbons (Fsp3) is 0.588. The number of benzene rings is 1. The normalized spacial score (nSPS) is 27.7. The average Bonchev–Trinajstić information content (AvgIpc) is 2.88. The third-order valence-electron chi connectivity index (χ3n) is 4.56. The minimum Gasteiger partial charge on any atom is -0.396 e. The summed E-state index contributed by atoms with van der Waals surface area (Å²) in [7, 11) is 0. The summed E-state index contributed by atoms with van der Waals surface area (Å²) in [6.45, 7) is 2.54. The number of nitrogens with zero attached hydrogens (tertiary/aromatic N) is 1. The van der Waals surface area contributed by atoms with Crippen LogP contribution in [-0.4, -0.2) is 60.4 Å². The number of aliphatic hydroxyl groups excluding tert-OH is 1. The lowest BCUT2D eigenvalue weighted by molar-refractivity contribution is -0.121. The topological polar surface area (TPSA) is 61.8 Å². The van der Waals surface area contributed by atoms with Crippen LogP contribution < -0.4 is 5.32 Å². The van der Waals surface area contributed by atoms with E-state index in [0.717, 1.165) is 25.1 Å². The summed E-state index contributed by atoms with van der Waals surface area (Å²) in [5.74, 6) is 0.0324. The van der Waals surface area contributed by atoms with Gasteiger partial charge < -0.3 is 15.2 Å². The zero-order valence-electron chi connectivity index (χ0n) is 13.1. The first-order valence-corrected chi connectivity index (χ1v) is 8.52. The molecule has 2 aliphatic rings. The number of amides is 1. The molecule has 2 fully saturated rings. The largest absolute Gasteiger partial charge is 0.396 e. The van der Waals surface area contributed by atoms with Crippen LogP contribution in [-0.2, 0) is 16.0 Å². The molecule has 2 N–H and O–H groups in total. The van der Waals surface area contributed by atoms with E-state index in [1.165, 1.54) is 0 Å². The van der Waals surface area contributed by atoms with E-state index in [1.54, 1.807) is 6.07 Å². The summed E-state index contributed by atoms with van der Waals surface area (Å²) in [6, 6.07) is 7.95. The zero-order chi connectivity index (χ0) is 16.2. The highest BCUT2D eigenvalue weighted by Gasteiger charge is 2.37. The van der Waals surface area contributed by atoms with Crippen molar-refractivity contribution in [3.8, 4) is 0 Å². The molecule has 3 atom stereocenters. The van der Waals surface area contributed by atoms with Crippen molar-refractivity contribution in [1.29, 1.82) is 0 Å². The summed E-state index contributed by atoms with van der Waals surface area (Å²) < 4.78 is 5.77. The fourth-order valence-corrected chi connectivity index (χ4v) is 3.69. The second kappa shape index (κ2) is 7.62. The highest BCUT2D eigenvalue weighted by Crippen LogP contribution is 2.24. The van der Waals surface area contributed by atoms with Crippen molar-refractivity contribution in [1.82, 2.24) is 10.2 Å². The van der Waals surface area contributed by atoms with E-state index >= 15 is 0 Å². The zero-order valence-corrected chi connectivity index (χ0v) is 13.8. The Labute approximate surface area is 141 Å². The second-order valence-electron chi connectivity index (χ2n) is 6.38. The fourth-order valence-electron chi connectivity index (χ4n) is 3.48. The molecule has 0 spiro atoms. The van der Waals surface area contributed by atoms with Gasteiger partial charge in [0.1, 0.15) is 0 Å². The van der Waals surface area contributed by atoms with Crippen molar-refractivity contribution in [3.05, 3.63) is 34.9 Å². The molecular formula is C17H23ClN2O3. The molecular weight excluding hydrogens is 316 g/mol. The molecule has 0 radical (unpaired) electrons. The van der Waals surface area contributed by atoms with Gasteiger partial charge in [0, 0.05) is 36.8 Å². The Morgan fingerprint density at radius 3 is 3.09 bits per heavy atom. The van der Waals surface area contributed by atoms with Gasteiger partial charge in [-0.25, -0.2) is 0 Å². The molecule has 2 saturated heterocycles. The standard InChI is InChI=1S/C17H23ClN2O3/c18-13-3-1-2-12(6-13)7-17(22)19-14-8-15-11-23-16(4-5-21)10-20(15)9-14/h1-3,6,14-16,21H,4-5,7-11H2,(H,19,22)/t14-,15-,16-/m0/s1. The molecule has 2 heterocycles. The number of halogens is 1. The maximum absolute atomic E-state index is 12.2. The van der Waals surface area contributed by atoms with Gasteiger partial charge in [-0.05, 0) is 30.5 Å². The predicted molar refractivity (Wildman–Crippen MR) is 88.5 cm³/mol.